The van der Waals surface area contributed by atoms with Crippen molar-refractivity contribution in [3.05, 3.63) is 82.0 Å². The Morgan fingerprint density at radius 3 is 2.00 bits per heavy atom. The van der Waals surface area contributed by atoms with Crippen LogP contribution in [0.5, 0.6) is 0 Å². The predicted molar refractivity (Wildman–Crippen MR) is 97.8 cm³/mol. The molecule has 2 N–H and O–H groups in total. The van der Waals surface area contributed by atoms with Crippen LogP contribution in [0.25, 0.3) is 0 Å². The zero-order valence-electron chi connectivity index (χ0n) is 13.0. The van der Waals surface area contributed by atoms with Gasteiger partial charge >= 0.3 is 0 Å². The predicted octanol–water partition coefficient (Wildman–Crippen LogP) is 4.12. The Bertz CT molecular complexity index is 924. The van der Waals surface area contributed by atoms with Crippen LogP contribution in [0.3, 0.4) is 0 Å². The molecule has 0 spiro atoms. The molecule has 3 rings (SSSR count). The number of hydrogen-bond acceptors (Lipinski definition) is 4. The van der Waals surface area contributed by atoms with Crippen LogP contribution < -0.4 is 10.6 Å². The zero-order valence-corrected chi connectivity index (χ0v) is 13.8. The number of anilines is 2. The first kappa shape index (κ1) is 16.4. The quantitative estimate of drug-likeness (QED) is 0.744. The van der Waals surface area contributed by atoms with Crippen molar-refractivity contribution in [2.75, 3.05) is 10.6 Å². The minimum atomic E-state index is -0.263. The molecule has 1 aromatic heterocycles. The van der Waals surface area contributed by atoms with Gasteiger partial charge in [-0.1, -0.05) is 6.07 Å². The van der Waals surface area contributed by atoms with Crippen molar-refractivity contribution in [3.63, 3.8) is 0 Å². The maximum absolute atomic E-state index is 12.2. The molecule has 0 radical (unpaired) electrons. The Kier molecular flexibility index (Phi) is 4.88. The van der Waals surface area contributed by atoms with Crippen LogP contribution in [0.2, 0.25) is 0 Å². The van der Waals surface area contributed by atoms with E-state index < -0.39 is 0 Å². The van der Waals surface area contributed by atoms with E-state index >= 15 is 0 Å². The number of nitrogens with one attached hydrogen (secondary N) is 2. The summed E-state index contributed by atoms with van der Waals surface area (Å²) in [5, 5.41) is 16.1. The average molecular weight is 347 g/mol. The fourth-order valence-electron chi connectivity index (χ4n) is 2.14. The first-order valence-corrected chi connectivity index (χ1v) is 8.30. The van der Waals surface area contributed by atoms with Crippen molar-refractivity contribution in [2.45, 2.75) is 0 Å². The van der Waals surface area contributed by atoms with Crippen LogP contribution in [0, 0.1) is 11.3 Å². The normalized spacial score (nSPS) is 9.88. The molecular formula is C19H13N3O2S. The molecule has 25 heavy (non-hydrogen) atoms. The van der Waals surface area contributed by atoms with Crippen LogP contribution >= 0.6 is 11.3 Å². The highest BCUT2D eigenvalue weighted by atomic mass is 32.1. The minimum Gasteiger partial charge on any atom is -0.322 e. The van der Waals surface area contributed by atoms with Crippen LogP contribution in [-0.4, -0.2) is 11.8 Å². The number of carbonyl (C=O) groups excluding carboxylic acids is 2. The van der Waals surface area contributed by atoms with E-state index in [1.54, 1.807) is 54.6 Å². The van der Waals surface area contributed by atoms with Gasteiger partial charge in [0.15, 0.2) is 0 Å². The zero-order chi connectivity index (χ0) is 17.6. The number of rotatable bonds is 4. The molecule has 122 valence electrons. The van der Waals surface area contributed by atoms with Crippen LogP contribution in [0.4, 0.5) is 11.4 Å². The highest BCUT2D eigenvalue weighted by Crippen LogP contribution is 2.16. The number of nitriles is 1. The number of benzene rings is 2. The van der Waals surface area contributed by atoms with E-state index in [0.717, 1.165) is 0 Å². The molecule has 1 heterocycles. The smallest absolute Gasteiger partial charge is 0.265 e. The van der Waals surface area contributed by atoms with Gasteiger partial charge in [0.2, 0.25) is 0 Å². The second-order valence-electron chi connectivity index (χ2n) is 5.15. The monoisotopic (exact) mass is 347 g/mol. The molecule has 0 bridgehead atoms. The summed E-state index contributed by atoms with van der Waals surface area (Å²) in [6, 6.07) is 18.9. The second-order valence-corrected chi connectivity index (χ2v) is 6.10. The molecule has 2 amide bonds. The van der Waals surface area contributed by atoms with Crippen LogP contribution in [0.1, 0.15) is 25.6 Å². The maximum Gasteiger partial charge on any atom is 0.265 e. The summed E-state index contributed by atoms with van der Waals surface area (Å²) in [7, 11) is 0. The number of nitrogens with zero attached hydrogens (tertiary/aromatic N) is 1. The summed E-state index contributed by atoms with van der Waals surface area (Å²) in [4.78, 5) is 24.8. The summed E-state index contributed by atoms with van der Waals surface area (Å²) in [5.74, 6) is -0.439. The Morgan fingerprint density at radius 2 is 1.44 bits per heavy atom. The highest BCUT2D eigenvalue weighted by molar-refractivity contribution is 7.12. The van der Waals surface area contributed by atoms with Crippen LogP contribution in [-0.2, 0) is 0 Å². The van der Waals surface area contributed by atoms with Crippen molar-refractivity contribution < 1.29 is 9.59 Å². The van der Waals surface area contributed by atoms with Crippen molar-refractivity contribution >= 4 is 34.5 Å². The van der Waals surface area contributed by atoms with E-state index in [4.69, 9.17) is 5.26 Å². The minimum absolute atomic E-state index is 0.176. The molecule has 6 heteroatoms. The summed E-state index contributed by atoms with van der Waals surface area (Å²) in [6.07, 6.45) is 0. The van der Waals surface area contributed by atoms with Gasteiger partial charge in [-0.25, -0.2) is 0 Å². The van der Waals surface area contributed by atoms with Crippen molar-refractivity contribution in [1.82, 2.24) is 0 Å². The third kappa shape index (κ3) is 4.10. The van der Waals surface area contributed by atoms with Crippen molar-refractivity contribution in [2.24, 2.45) is 0 Å². The highest BCUT2D eigenvalue weighted by Gasteiger charge is 2.09. The molecule has 0 saturated heterocycles. The molecule has 0 aliphatic rings. The van der Waals surface area contributed by atoms with Gasteiger partial charge in [-0.3, -0.25) is 9.59 Å². The van der Waals surface area contributed by atoms with E-state index in [1.165, 1.54) is 11.3 Å². The SMILES string of the molecule is N#Cc1ccc(NC(=O)c2ccc(NC(=O)c3cccs3)cc2)cc1. The molecule has 3 aromatic rings. The molecule has 0 unspecified atom stereocenters. The van der Waals surface area contributed by atoms with E-state index in [1.807, 2.05) is 17.5 Å². The number of thiophene rings is 1. The average Bonchev–Trinajstić information content (AvgIpc) is 3.18. The first-order chi connectivity index (χ1) is 12.2. The Balaban J connectivity index is 1.64. The summed E-state index contributed by atoms with van der Waals surface area (Å²) >= 11 is 1.37. The second kappa shape index (κ2) is 7.43. The van der Waals surface area contributed by atoms with Crippen molar-refractivity contribution in [3.8, 4) is 6.07 Å². The first-order valence-electron chi connectivity index (χ1n) is 7.42. The standard InChI is InChI=1S/C19H13N3O2S/c20-12-13-3-7-15(8-4-13)21-18(23)14-5-9-16(10-6-14)22-19(24)17-2-1-11-25-17/h1-11H,(H,21,23)(H,22,24). The molecular weight excluding hydrogens is 334 g/mol. The third-order valence-electron chi connectivity index (χ3n) is 3.42. The fourth-order valence-corrected chi connectivity index (χ4v) is 2.76. The van der Waals surface area contributed by atoms with Crippen LogP contribution in [0.15, 0.2) is 66.0 Å². The molecule has 2 aromatic carbocycles. The van der Waals surface area contributed by atoms with Gasteiger partial charge in [-0.05, 0) is 60.0 Å². The number of hydrogen-bond donors (Lipinski definition) is 2. The molecule has 5 nitrogen and oxygen atoms in total. The third-order valence-corrected chi connectivity index (χ3v) is 4.29. The number of carbonyl (C=O) groups is 2. The van der Waals surface area contributed by atoms with Gasteiger partial charge in [-0.15, -0.1) is 11.3 Å². The largest absolute Gasteiger partial charge is 0.322 e. The van der Waals surface area contributed by atoms with Gasteiger partial charge in [0.05, 0.1) is 16.5 Å². The lowest BCUT2D eigenvalue weighted by molar-refractivity contribution is 0.102. The maximum atomic E-state index is 12.2. The summed E-state index contributed by atoms with van der Waals surface area (Å²) in [5.41, 5.74) is 2.23. The van der Waals surface area contributed by atoms with E-state index in [0.29, 0.717) is 27.4 Å². The lowest BCUT2D eigenvalue weighted by Gasteiger charge is -2.07. The lowest BCUT2D eigenvalue weighted by atomic mass is 10.1. The summed E-state index contributed by atoms with van der Waals surface area (Å²) < 4.78 is 0. The Hall–Kier alpha value is -3.43. The van der Waals surface area contributed by atoms with Gasteiger partial charge in [0, 0.05) is 16.9 Å². The van der Waals surface area contributed by atoms with E-state index in [9.17, 15) is 9.59 Å². The molecule has 0 aliphatic carbocycles. The Labute approximate surface area is 148 Å². The molecule has 0 atom stereocenters. The Morgan fingerprint density at radius 1 is 0.840 bits per heavy atom. The van der Waals surface area contributed by atoms with Gasteiger partial charge in [-0.2, -0.15) is 5.26 Å². The topological polar surface area (TPSA) is 82.0 Å². The van der Waals surface area contributed by atoms with Crippen molar-refractivity contribution in [1.29, 1.82) is 5.26 Å². The molecule has 0 saturated carbocycles. The van der Waals surface area contributed by atoms with E-state index in [-0.39, 0.29) is 11.8 Å². The summed E-state index contributed by atoms with van der Waals surface area (Å²) in [6.45, 7) is 0. The van der Waals surface area contributed by atoms with Gasteiger partial charge < -0.3 is 10.6 Å². The van der Waals surface area contributed by atoms with Gasteiger partial charge in [0.25, 0.3) is 11.8 Å². The molecule has 0 fully saturated rings. The molecule has 0 aliphatic heterocycles. The number of amides is 2. The van der Waals surface area contributed by atoms with E-state index in [2.05, 4.69) is 10.6 Å². The fraction of sp³-hybridized carbons (Fsp3) is 0. The lowest BCUT2D eigenvalue weighted by Crippen LogP contribution is -2.13. The van der Waals surface area contributed by atoms with Gasteiger partial charge in [0.1, 0.15) is 0 Å².